The van der Waals surface area contributed by atoms with Gasteiger partial charge in [0.1, 0.15) is 0 Å². The molecule has 1 N–H and O–H groups in total. The fourth-order valence-corrected chi connectivity index (χ4v) is 3.10. The van der Waals surface area contributed by atoms with Crippen LogP contribution in [-0.2, 0) is 22.9 Å². The van der Waals surface area contributed by atoms with Gasteiger partial charge >= 0.3 is 0 Å². The van der Waals surface area contributed by atoms with Crippen molar-refractivity contribution >= 4 is 9.84 Å². The lowest BCUT2D eigenvalue weighted by molar-refractivity contribution is 0.575. The molecule has 0 spiro atoms. The van der Waals surface area contributed by atoms with Crippen LogP contribution in [0.3, 0.4) is 0 Å². The van der Waals surface area contributed by atoms with E-state index in [1.165, 1.54) is 12.8 Å². The van der Waals surface area contributed by atoms with E-state index in [4.69, 9.17) is 0 Å². The molecule has 0 saturated heterocycles. The molecular weight excluding hydrogens is 250 g/mol. The molecule has 1 aliphatic rings. The largest absolute Gasteiger partial charge is 0.308 e. The number of sulfone groups is 1. The van der Waals surface area contributed by atoms with Crippen LogP contribution in [0.5, 0.6) is 0 Å². The molecule has 0 atom stereocenters. The molecule has 0 aliphatic heterocycles. The molecule has 1 aromatic heterocycles. The zero-order chi connectivity index (χ0) is 13.0. The topological polar surface area (TPSA) is 64.0 Å². The van der Waals surface area contributed by atoms with Crippen LogP contribution in [0.4, 0.5) is 0 Å². The number of aromatic nitrogens is 2. The van der Waals surface area contributed by atoms with E-state index in [0.717, 1.165) is 12.2 Å². The molecule has 0 amide bonds. The summed E-state index contributed by atoms with van der Waals surface area (Å²) >= 11 is 0. The van der Waals surface area contributed by atoms with Gasteiger partial charge in [-0.05, 0) is 25.3 Å². The summed E-state index contributed by atoms with van der Waals surface area (Å²) < 4.78 is 24.9. The van der Waals surface area contributed by atoms with Gasteiger partial charge in [0.15, 0.2) is 9.84 Å². The molecule has 0 bridgehead atoms. The van der Waals surface area contributed by atoms with Crippen molar-refractivity contribution in [2.24, 2.45) is 0 Å². The van der Waals surface area contributed by atoms with Crippen molar-refractivity contribution in [1.82, 2.24) is 15.1 Å². The Morgan fingerprint density at radius 3 is 2.89 bits per heavy atom. The minimum absolute atomic E-state index is 0.179. The van der Waals surface area contributed by atoms with E-state index in [9.17, 15) is 8.42 Å². The average Bonchev–Trinajstić information content (AvgIpc) is 3.03. The Labute approximate surface area is 108 Å². The summed E-state index contributed by atoms with van der Waals surface area (Å²) in [4.78, 5) is 0. The molecule has 1 aromatic rings. The van der Waals surface area contributed by atoms with Gasteiger partial charge in [-0.3, -0.25) is 4.68 Å². The van der Waals surface area contributed by atoms with E-state index >= 15 is 0 Å². The van der Waals surface area contributed by atoms with Crippen molar-refractivity contribution in [2.45, 2.75) is 45.3 Å². The Kier molecular flexibility index (Phi) is 4.40. The van der Waals surface area contributed by atoms with Crippen molar-refractivity contribution in [3.63, 3.8) is 0 Å². The molecule has 18 heavy (non-hydrogen) atoms. The summed E-state index contributed by atoms with van der Waals surface area (Å²) in [5.74, 6) is 0.447. The Balaban J connectivity index is 1.78. The summed E-state index contributed by atoms with van der Waals surface area (Å²) in [7, 11) is -2.91. The normalized spacial score (nSPS) is 16.1. The zero-order valence-corrected chi connectivity index (χ0v) is 11.6. The highest BCUT2D eigenvalue weighted by Crippen LogP contribution is 2.18. The van der Waals surface area contributed by atoms with Crippen LogP contribution in [0.25, 0.3) is 0 Å². The highest BCUT2D eigenvalue weighted by Gasteiger charge is 2.20. The number of rotatable bonds is 8. The van der Waals surface area contributed by atoms with Gasteiger partial charge in [-0.1, -0.05) is 6.92 Å². The third-order valence-corrected chi connectivity index (χ3v) is 4.83. The second kappa shape index (κ2) is 5.84. The molecule has 1 heterocycles. The third kappa shape index (κ3) is 4.42. The molecule has 2 rings (SSSR count). The van der Waals surface area contributed by atoms with Crippen LogP contribution >= 0.6 is 0 Å². The maximum absolute atomic E-state index is 11.6. The first kappa shape index (κ1) is 13.5. The molecular formula is C12H21N3O2S. The Hall–Kier alpha value is -0.880. The van der Waals surface area contributed by atoms with Crippen LogP contribution in [0.1, 0.15) is 31.9 Å². The highest BCUT2D eigenvalue weighted by atomic mass is 32.2. The van der Waals surface area contributed by atoms with Crippen LogP contribution in [0.2, 0.25) is 0 Å². The number of hydrogen-bond donors (Lipinski definition) is 1. The molecule has 6 heteroatoms. The second-order valence-electron chi connectivity index (χ2n) is 4.88. The van der Waals surface area contributed by atoms with Gasteiger partial charge in [-0.25, -0.2) is 8.42 Å². The molecule has 1 saturated carbocycles. The lowest BCUT2D eigenvalue weighted by Gasteiger charge is -2.03. The number of aryl methyl sites for hydroxylation is 1. The SMILES string of the molecule is CCCS(=O)(=O)CCn1ccc(CNC2CC2)n1. The van der Waals surface area contributed by atoms with Crippen LogP contribution in [0.15, 0.2) is 12.3 Å². The maximum Gasteiger partial charge on any atom is 0.152 e. The molecule has 1 aliphatic carbocycles. The van der Waals surface area contributed by atoms with E-state index < -0.39 is 9.84 Å². The smallest absolute Gasteiger partial charge is 0.152 e. The van der Waals surface area contributed by atoms with Gasteiger partial charge < -0.3 is 5.32 Å². The first-order valence-electron chi connectivity index (χ1n) is 6.55. The lowest BCUT2D eigenvalue weighted by Crippen LogP contribution is -2.18. The maximum atomic E-state index is 11.6. The van der Waals surface area contributed by atoms with E-state index in [2.05, 4.69) is 10.4 Å². The van der Waals surface area contributed by atoms with Crippen molar-refractivity contribution in [2.75, 3.05) is 11.5 Å². The predicted octanol–water partition coefficient (Wildman–Crippen LogP) is 0.960. The van der Waals surface area contributed by atoms with Gasteiger partial charge in [-0.2, -0.15) is 5.10 Å². The monoisotopic (exact) mass is 271 g/mol. The predicted molar refractivity (Wildman–Crippen MR) is 71.0 cm³/mol. The molecule has 102 valence electrons. The third-order valence-electron chi connectivity index (χ3n) is 2.99. The lowest BCUT2D eigenvalue weighted by atomic mass is 10.4. The fraction of sp³-hybridized carbons (Fsp3) is 0.750. The highest BCUT2D eigenvalue weighted by molar-refractivity contribution is 7.91. The minimum atomic E-state index is -2.91. The van der Waals surface area contributed by atoms with E-state index in [0.29, 0.717) is 19.0 Å². The zero-order valence-electron chi connectivity index (χ0n) is 10.8. The molecule has 0 radical (unpaired) electrons. The van der Waals surface area contributed by atoms with Crippen molar-refractivity contribution in [1.29, 1.82) is 0 Å². The summed E-state index contributed by atoms with van der Waals surface area (Å²) in [6.07, 6.45) is 5.05. The molecule has 0 unspecified atom stereocenters. The summed E-state index contributed by atoms with van der Waals surface area (Å²) in [6.45, 7) is 3.11. The van der Waals surface area contributed by atoms with Gasteiger partial charge in [0, 0.05) is 24.5 Å². The van der Waals surface area contributed by atoms with E-state index in [1.54, 1.807) is 4.68 Å². The van der Waals surface area contributed by atoms with Gasteiger partial charge in [0.05, 0.1) is 18.0 Å². The Bertz CT molecular complexity index is 477. The van der Waals surface area contributed by atoms with Gasteiger partial charge in [0.2, 0.25) is 0 Å². The Morgan fingerprint density at radius 1 is 1.44 bits per heavy atom. The van der Waals surface area contributed by atoms with Crippen LogP contribution in [0, 0.1) is 0 Å². The number of nitrogens with zero attached hydrogens (tertiary/aromatic N) is 2. The Morgan fingerprint density at radius 2 is 2.22 bits per heavy atom. The fourth-order valence-electron chi connectivity index (χ4n) is 1.80. The van der Waals surface area contributed by atoms with E-state index in [-0.39, 0.29) is 11.5 Å². The minimum Gasteiger partial charge on any atom is -0.308 e. The number of nitrogens with one attached hydrogen (secondary N) is 1. The number of hydrogen-bond acceptors (Lipinski definition) is 4. The quantitative estimate of drug-likeness (QED) is 0.765. The summed E-state index contributed by atoms with van der Waals surface area (Å²) in [5, 5.41) is 7.75. The van der Waals surface area contributed by atoms with Crippen molar-refractivity contribution < 1.29 is 8.42 Å². The van der Waals surface area contributed by atoms with Crippen molar-refractivity contribution in [3.8, 4) is 0 Å². The molecule has 1 fully saturated rings. The first-order chi connectivity index (χ1) is 8.59. The molecule has 0 aromatic carbocycles. The summed E-state index contributed by atoms with van der Waals surface area (Å²) in [6, 6.07) is 2.61. The van der Waals surface area contributed by atoms with Gasteiger partial charge in [-0.15, -0.1) is 0 Å². The second-order valence-corrected chi connectivity index (χ2v) is 7.18. The van der Waals surface area contributed by atoms with Crippen LogP contribution in [-0.4, -0.2) is 35.7 Å². The molecule has 5 nitrogen and oxygen atoms in total. The van der Waals surface area contributed by atoms with Crippen LogP contribution < -0.4 is 5.32 Å². The van der Waals surface area contributed by atoms with Crippen molar-refractivity contribution in [3.05, 3.63) is 18.0 Å². The standard InChI is InChI=1S/C12H21N3O2S/c1-2-8-18(16,17)9-7-15-6-5-12(14-15)10-13-11-3-4-11/h5-6,11,13H,2-4,7-10H2,1H3. The first-order valence-corrected chi connectivity index (χ1v) is 8.37. The summed E-state index contributed by atoms with van der Waals surface area (Å²) in [5.41, 5.74) is 0.981. The average molecular weight is 271 g/mol. The van der Waals surface area contributed by atoms with E-state index in [1.807, 2.05) is 19.2 Å². The van der Waals surface area contributed by atoms with Gasteiger partial charge in [0.25, 0.3) is 0 Å².